The lowest BCUT2D eigenvalue weighted by Gasteiger charge is -2.34. The zero-order valence-electron chi connectivity index (χ0n) is 9.47. The van der Waals surface area contributed by atoms with E-state index in [9.17, 15) is 4.79 Å². The van der Waals surface area contributed by atoms with Crippen molar-refractivity contribution < 1.29 is 9.90 Å². The summed E-state index contributed by atoms with van der Waals surface area (Å²) in [6.45, 7) is 1.80. The molecule has 4 nitrogen and oxygen atoms in total. The molecule has 1 unspecified atom stereocenters. The fourth-order valence-electron chi connectivity index (χ4n) is 1.80. The molecule has 0 bridgehead atoms. The van der Waals surface area contributed by atoms with Crippen molar-refractivity contribution in [1.82, 2.24) is 5.32 Å². The fraction of sp³-hybridized carbons (Fsp3) is 0.154. The summed E-state index contributed by atoms with van der Waals surface area (Å²) in [5.74, 6) is -0.937. The second kappa shape index (κ2) is 4.33. The van der Waals surface area contributed by atoms with Gasteiger partial charge in [-0.3, -0.25) is 0 Å². The number of nitrogens with one attached hydrogen (secondary N) is 2. The van der Waals surface area contributed by atoms with E-state index in [2.05, 4.69) is 10.6 Å². The second-order valence-corrected chi connectivity index (χ2v) is 4.00. The Morgan fingerprint density at radius 1 is 1.35 bits per heavy atom. The van der Waals surface area contributed by atoms with E-state index in [1.54, 1.807) is 25.3 Å². The Hall–Kier alpha value is -2.23. The Balaban J connectivity index is 2.27. The van der Waals surface area contributed by atoms with Crippen molar-refractivity contribution in [3.63, 3.8) is 0 Å². The highest BCUT2D eigenvalue weighted by Gasteiger charge is 2.33. The molecule has 1 atom stereocenters. The van der Waals surface area contributed by atoms with Crippen LogP contribution in [0.1, 0.15) is 6.92 Å². The number of carboxylic acid groups (broad SMARTS) is 1. The summed E-state index contributed by atoms with van der Waals surface area (Å²) in [7, 11) is 0. The standard InChI is InChI=1S/C13H14N2O2/c1-13(15-10-6-3-2-4-7-10)11(12(16)17)8-5-9-14-13/h2-9,14-15H,1H3,(H,16,17). The Bertz CT molecular complexity index is 479. The van der Waals surface area contributed by atoms with Gasteiger partial charge in [0.25, 0.3) is 0 Å². The molecule has 1 heterocycles. The molecule has 0 saturated carbocycles. The van der Waals surface area contributed by atoms with Crippen LogP contribution in [0, 0.1) is 0 Å². The summed E-state index contributed by atoms with van der Waals surface area (Å²) < 4.78 is 0. The van der Waals surface area contributed by atoms with Crippen molar-refractivity contribution in [2.45, 2.75) is 12.6 Å². The number of allylic oxidation sites excluding steroid dienone is 2. The molecule has 1 aliphatic rings. The van der Waals surface area contributed by atoms with E-state index in [1.807, 2.05) is 30.3 Å². The minimum Gasteiger partial charge on any atom is -0.478 e. The number of benzene rings is 1. The number of carboxylic acids is 1. The number of dihydropyridines is 1. The van der Waals surface area contributed by atoms with Crippen LogP contribution in [-0.4, -0.2) is 16.7 Å². The molecule has 0 saturated heterocycles. The van der Waals surface area contributed by atoms with Crippen molar-refractivity contribution >= 4 is 11.7 Å². The summed E-state index contributed by atoms with van der Waals surface area (Å²) in [4.78, 5) is 11.2. The van der Waals surface area contributed by atoms with E-state index in [0.717, 1.165) is 5.69 Å². The minimum atomic E-state index is -0.937. The normalized spacial score (nSPS) is 22.5. The van der Waals surface area contributed by atoms with Gasteiger partial charge in [-0.15, -0.1) is 0 Å². The van der Waals surface area contributed by atoms with Crippen LogP contribution >= 0.6 is 0 Å². The van der Waals surface area contributed by atoms with Crippen LogP contribution in [0.2, 0.25) is 0 Å². The summed E-state index contributed by atoms with van der Waals surface area (Å²) in [5.41, 5.74) is 0.343. The van der Waals surface area contributed by atoms with E-state index in [0.29, 0.717) is 0 Å². The maximum absolute atomic E-state index is 11.2. The third-order valence-corrected chi connectivity index (χ3v) is 2.67. The van der Waals surface area contributed by atoms with E-state index in [4.69, 9.17) is 5.11 Å². The fourth-order valence-corrected chi connectivity index (χ4v) is 1.80. The van der Waals surface area contributed by atoms with Gasteiger partial charge in [0.2, 0.25) is 0 Å². The van der Waals surface area contributed by atoms with E-state index in [1.165, 1.54) is 0 Å². The maximum atomic E-state index is 11.2. The first kappa shape index (κ1) is 11.3. The zero-order chi connectivity index (χ0) is 12.3. The lowest BCUT2D eigenvalue weighted by atomic mass is 9.98. The van der Waals surface area contributed by atoms with Crippen molar-refractivity contribution in [2.24, 2.45) is 0 Å². The third-order valence-electron chi connectivity index (χ3n) is 2.67. The molecule has 0 radical (unpaired) electrons. The SMILES string of the molecule is CC1(Nc2ccccc2)NC=CC=C1C(=O)O. The van der Waals surface area contributed by atoms with Crippen LogP contribution in [0.4, 0.5) is 5.69 Å². The largest absolute Gasteiger partial charge is 0.478 e. The Labute approximate surface area is 99.7 Å². The van der Waals surface area contributed by atoms with Crippen LogP contribution in [0.3, 0.4) is 0 Å². The highest BCUT2D eigenvalue weighted by Crippen LogP contribution is 2.22. The quantitative estimate of drug-likeness (QED) is 0.742. The summed E-state index contributed by atoms with van der Waals surface area (Å²) >= 11 is 0. The Morgan fingerprint density at radius 2 is 2.06 bits per heavy atom. The van der Waals surface area contributed by atoms with E-state index >= 15 is 0 Å². The van der Waals surface area contributed by atoms with Crippen molar-refractivity contribution in [3.8, 4) is 0 Å². The number of rotatable bonds is 3. The molecule has 4 heteroatoms. The zero-order valence-corrected chi connectivity index (χ0v) is 9.47. The van der Waals surface area contributed by atoms with Crippen LogP contribution < -0.4 is 10.6 Å². The minimum absolute atomic E-state index is 0.281. The summed E-state index contributed by atoms with van der Waals surface area (Å²) in [6.07, 6.45) is 5.00. The number of hydrogen-bond acceptors (Lipinski definition) is 3. The van der Waals surface area contributed by atoms with Crippen LogP contribution in [0.5, 0.6) is 0 Å². The molecule has 3 N–H and O–H groups in total. The van der Waals surface area contributed by atoms with Crippen LogP contribution in [0.25, 0.3) is 0 Å². The first-order chi connectivity index (χ1) is 8.12. The molecular weight excluding hydrogens is 216 g/mol. The molecule has 1 aromatic rings. The van der Waals surface area contributed by atoms with Gasteiger partial charge in [-0.1, -0.05) is 18.2 Å². The number of anilines is 1. The lowest BCUT2D eigenvalue weighted by molar-refractivity contribution is -0.133. The van der Waals surface area contributed by atoms with Crippen molar-refractivity contribution in [1.29, 1.82) is 0 Å². The highest BCUT2D eigenvalue weighted by molar-refractivity contribution is 5.90. The molecule has 17 heavy (non-hydrogen) atoms. The Kier molecular flexibility index (Phi) is 2.87. The molecule has 2 rings (SSSR count). The number of aliphatic carboxylic acids is 1. The summed E-state index contributed by atoms with van der Waals surface area (Å²) in [6, 6.07) is 9.49. The van der Waals surface area contributed by atoms with Gasteiger partial charge in [0.15, 0.2) is 0 Å². The first-order valence-corrected chi connectivity index (χ1v) is 5.33. The monoisotopic (exact) mass is 230 g/mol. The van der Waals surface area contributed by atoms with E-state index < -0.39 is 11.6 Å². The predicted molar refractivity (Wildman–Crippen MR) is 66.5 cm³/mol. The second-order valence-electron chi connectivity index (χ2n) is 4.00. The van der Waals surface area contributed by atoms with Crippen LogP contribution in [0.15, 0.2) is 54.3 Å². The molecule has 0 spiro atoms. The molecule has 0 fully saturated rings. The maximum Gasteiger partial charge on any atom is 0.335 e. The van der Waals surface area contributed by atoms with Crippen LogP contribution in [-0.2, 0) is 4.79 Å². The van der Waals surface area contributed by atoms with Gasteiger partial charge in [0.05, 0.1) is 5.57 Å². The van der Waals surface area contributed by atoms with Gasteiger partial charge in [0.1, 0.15) is 5.66 Å². The van der Waals surface area contributed by atoms with Gasteiger partial charge in [-0.25, -0.2) is 4.79 Å². The number of hydrogen-bond donors (Lipinski definition) is 3. The molecule has 1 aliphatic heterocycles. The summed E-state index contributed by atoms with van der Waals surface area (Å²) in [5, 5.41) is 15.4. The number of para-hydroxylation sites is 1. The molecule has 0 aromatic heterocycles. The molecule has 0 aliphatic carbocycles. The van der Waals surface area contributed by atoms with Gasteiger partial charge < -0.3 is 15.7 Å². The average molecular weight is 230 g/mol. The smallest absolute Gasteiger partial charge is 0.335 e. The molecule has 88 valence electrons. The molecule has 0 amide bonds. The third kappa shape index (κ3) is 2.30. The lowest BCUT2D eigenvalue weighted by Crippen LogP contribution is -2.51. The van der Waals surface area contributed by atoms with E-state index in [-0.39, 0.29) is 5.57 Å². The molecule has 1 aromatic carbocycles. The highest BCUT2D eigenvalue weighted by atomic mass is 16.4. The van der Waals surface area contributed by atoms with Gasteiger partial charge in [-0.2, -0.15) is 0 Å². The van der Waals surface area contributed by atoms with Crippen molar-refractivity contribution in [2.75, 3.05) is 5.32 Å². The molecular formula is C13H14N2O2. The average Bonchev–Trinajstić information content (AvgIpc) is 2.30. The topological polar surface area (TPSA) is 61.4 Å². The Morgan fingerprint density at radius 3 is 2.71 bits per heavy atom. The van der Waals surface area contributed by atoms with Gasteiger partial charge in [-0.05, 0) is 37.4 Å². The number of carbonyl (C=O) groups is 1. The van der Waals surface area contributed by atoms with Gasteiger partial charge in [0, 0.05) is 5.69 Å². The predicted octanol–water partition coefficient (Wildman–Crippen LogP) is 1.94. The first-order valence-electron chi connectivity index (χ1n) is 5.33. The van der Waals surface area contributed by atoms with Gasteiger partial charge >= 0.3 is 5.97 Å². The van der Waals surface area contributed by atoms with Crippen molar-refractivity contribution in [3.05, 3.63) is 54.3 Å².